The number of hydrogen-bond acceptors (Lipinski definition) is 2. The van der Waals surface area contributed by atoms with Gasteiger partial charge in [0.05, 0.1) is 0 Å². The van der Waals surface area contributed by atoms with Crippen LogP contribution in [0.2, 0.25) is 0 Å². The van der Waals surface area contributed by atoms with E-state index in [1.165, 1.54) is 60.2 Å². The van der Waals surface area contributed by atoms with Crippen molar-refractivity contribution in [1.82, 2.24) is 9.88 Å². The molecule has 26 heavy (non-hydrogen) atoms. The first-order valence-electron chi connectivity index (χ1n) is 10.2. The number of thioether (sulfide) groups is 1. The minimum atomic E-state index is 0.702. The second-order valence-electron chi connectivity index (χ2n) is 8.69. The summed E-state index contributed by atoms with van der Waals surface area (Å²) < 4.78 is 1.23. The average molecular weight is 433 g/mol. The van der Waals surface area contributed by atoms with Crippen molar-refractivity contribution in [1.29, 1.82) is 0 Å². The van der Waals surface area contributed by atoms with E-state index in [0.29, 0.717) is 12.0 Å². The van der Waals surface area contributed by atoms with Gasteiger partial charge in [-0.15, -0.1) is 0 Å². The Morgan fingerprint density at radius 3 is 2.85 bits per heavy atom. The Morgan fingerprint density at radius 2 is 2.12 bits per heavy atom. The molecule has 0 radical (unpaired) electrons. The van der Waals surface area contributed by atoms with Gasteiger partial charge >= 0.3 is 0 Å². The summed E-state index contributed by atoms with van der Waals surface area (Å²) in [5.74, 6) is 3.82. The van der Waals surface area contributed by atoms with Gasteiger partial charge in [0, 0.05) is 46.1 Å². The number of fused-ring (bicyclic) bond motifs is 2. The van der Waals surface area contributed by atoms with Gasteiger partial charge in [-0.2, -0.15) is 11.8 Å². The highest BCUT2D eigenvalue weighted by molar-refractivity contribution is 9.10. The van der Waals surface area contributed by atoms with E-state index in [9.17, 15) is 0 Å². The van der Waals surface area contributed by atoms with E-state index in [1.807, 2.05) is 11.8 Å². The van der Waals surface area contributed by atoms with Gasteiger partial charge in [-0.3, -0.25) is 4.90 Å². The molecule has 1 aromatic carbocycles. The van der Waals surface area contributed by atoms with Gasteiger partial charge in [0.2, 0.25) is 0 Å². The Morgan fingerprint density at radius 1 is 1.27 bits per heavy atom. The molecule has 1 unspecified atom stereocenters. The zero-order valence-corrected chi connectivity index (χ0v) is 18.3. The third-order valence-corrected chi connectivity index (χ3v) is 8.12. The van der Waals surface area contributed by atoms with Crippen LogP contribution in [0.3, 0.4) is 0 Å². The van der Waals surface area contributed by atoms with Crippen LogP contribution < -0.4 is 0 Å². The van der Waals surface area contributed by atoms with Crippen molar-refractivity contribution < 1.29 is 0 Å². The number of nitrogens with one attached hydrogen (secondary N) is 1. The number of aromatic amines is 1. The first-order chi connectivity index (χ1) is 12.7. The maximum absolute atomic E-state index is 3.79. The molecule has 1 aliphatic heterocycles. The number of hydrogen-bond donors (Lipinski definition) is 1. The second kappa shape index (κ2) is 6.86. The van der Waals surface area contributed by atoms with Gasteiger partial charge in [-0.1, -0.05) is 22.9 Å². The second-order valence-corrected chi connectivity index (χ2v) is 10.5. The van der Waals surface area contributed by atoms with Crippen LogP contribution in [-0.4, -0.2) is 41.0 Å². The lowest BCUT2D eigenvalue weighted by atomic mass is 9.72. The standard InChI is InChI=1S/C22H29BrN2S/c1-3-19-18-9-21-16(17-7-15(23)8-20(24-19)22(17)18)6-14(12-26-2)11-25(21)10-13-4-5-13/h7-8,13-14,16,21,24H,3-6,9-12H2,1-2H3/t14?,16-,21-/m1/s1. The highest BCUT2D eigenvalue weighted by Crippen LogP contribution is 2.48. The molecule has 2 heterocycles. The summed E-state index contributed by atoms with van der Waals surface area (Å²) in [5.41, 5.74) is 6.05. The van der Waals surface area contributed by atoms with E-state index in [0.717, 1.165) is 18.3 Å². The summed E-state index contributed by atoms with van der Waals surface area (Å²) in [7, 11) is 0. The quantitative estimate of drug-likeness (QED) is 0.662. The first kappa shape index (κ1) is 17.6. The molecule has 1 saturated carbocycles. The van der Waals surface area contributed by atoms with Gasteiger partial charge in [0.25, 0.3) is 0 Å². The lowest BCUT2D eigenvalue weighted by Gasteiger charge is -2.47. The van der Waals surface area contributed by atoms with Gasteiger partial charge in [-0.25, -0.2) is 0 Å². The van der Waals surface area contributed by atoms with Crippen LogP contribution in [0.25, 0.3) is 10.9 Å². The number of piperidine rings is 1. The lowest BCUT2D eigenvalue weighted by molar-refractivity contribution is 0.0876. The summed E-state index contributed by atoms with van der Waals surface area (Å²) in [6.45, 7) is 4.95. The Balaban J connectivity index is 1.60. The summed E-state index contributed by atoms with van der Waals surface area (Å²) >= 11 is 5.83. The molecular weight excluding hydrogens is 404 g/mol. The molecule has 2 nitrogen and oxygen atoms in total. The van der Waals surface area contributed by atoms with Crippen LogP contribution in [0.4, 0.5) is 0 Å². The van der Waals surface area contributed by atoms with E-state index in [1.54, 1.807) is 16.5 Å². The summed E-state index contributed by atoms with van der Waals surface area (Å²) in [6, 6.07) is 5.43. The molecule has 140 valence electrons. The number of aromatic nitrogens is 1. The fourth-order valence-corrected chi connectivity index (χ4v) is 6.79. The lowest BCUT2D eigenvalue weighted by Crippen LogP contribution is -2.51. The number of halogens is 1. The van der Waals surface area contributed by atoms with Crippen LogP contribution in [0.1, 0.15) is 48.9 Å². The van der Waals surface area contributed by atoms with Gasteiger partial charge in [0.15, 0.2) is 0 Å². The van der Waals surface area contributed by atoms with Crippen molar-refractivity contribution in [2.45, 2.75) is 51.0 Å². The minimum Gasteiger partial charge on any atom is -0.358 e. The van der Waals surface area contributed by atoms with E-state index < -0.39 is 0 Å². The van der Waals surface area contributed by atoms with Crippen molar-refractivity contribution in [3.63, 3.8) is 0 Å². The van der Waals surface area contributed by atoms with Crippen LogP contribution in [-0.2, 0) is 12.8 Å². The van der Waals surface area contributed by atoms with Gasteiger partial charge < -0.3 is 4.98 Å². The molecule has 1 saturated heterocycles. The molecule has 1 N–H and O–H groups in total. The topological polar surface area (TPSA) is 19.0 Å². The Kier molecular flexibility index (Phi) is 4.65. The van der Waals surface area contributed by atoms with Crippen molar-refractivity contribution in [2.75, 3.05) is 25.1 Å². The maximum Gasteiger partial charge on any atom is 0.0473 e. The van der Waals surface area contributed by atoms with E-state index >= 15 is 0 Å². The number of rotatable bonds is 5. The fourth-order valence-electron chi connectivity index (χ4n) is 5.60. The molecule has 1 aromatic heterocycles. The molecule has 3 atom stereocenters. The first-order valence-corrected chi connectivity index (χ1v) is 12.4. The number of nitrogens with zero attached hydrogens (tertiary/aromatic N) is 1. The van der Waals surface area contributed by atoms with Crippen LogP contribution in [0.15, 0.2) is 16.6 Å². The van der Waals surface area contributed by atoms with E-state index in [-0.39, 0.29) is 0 Å². The molecular formula is C22H29BrN2S. The molecule has 0 amide bonds. The predicted octanol–water partition coefficient (Wildman–Crippen LogP) is 5.60. The van der Waals surface area contributed by atoms with Gasteiger partial charge in [-0.05, 0) is 79.2 Å². The summed E-state index contributed by atoms with van der Waals surface area (Å²) in [4.78, 5) is 6.65. The van der Waals surface area contributed by atoms with Gasteiger partial charge in [0.1, 0.15) is 0 Å². The van der Waals surface area contributed by atoms with Crippen LogP contribution >= 0.6 is 27.7 Å². The monoisotopic (exact) mass is 432 g/mol. The number of aryl methyl sites for hydroxylation is 1. The van der Waals surface area contributed by atoms with Crippen molar-refractivity contribution in [3.8, 4) is 0 Å². The zero-order valence-electron chi connectivity index (χ0n) is 15.9. The molecule has 3 aliphatic rings. The van der Waals surface area contributed by atoms with Crippen molar-refractivity contribution in [2.24, 2.45) is 11.8 Å². The summed E-state index contributed by atoms with van der Waals surface area (Å²) in [5, 5.41) is 1.56. The third-order valence-electron chi connectivity index (χ3n) is 6.86. The average Bonchev–Trinajstić information content (AvgIpc) is 3.36. The molecule has 0 bridgehead atoms. The van der Waals surface area contributed by atoms with E-state index in [4.69, 9.17) is 0 Å². The van der Waals surface area contributed by atoms with Crippen LogP contribution in [0.5, 0.6) is 0 Å². The number of likely N-dealkylation sites (tertiary alicyclic amines) is 1. The van der Waals surface area contributed by atoms with Crippen molar-refractivity contribution in [3.05, 3.63) is 33.4 Å². The molecule has 5 rings (SSSR count). The highest BCUT2D eigenvalue weighted by Gasteiger charge is 2.42. The summed E-state index contributed by atoms with van der Waals surface area (Å²) in [6.07, 6.45) is 8.91. The number of H-pyrrole nitrogens is 1. The fraction of sp³-hybridized carbons (Fsp3) is 0.636. The Labute approximate surface area is 169 Å². The smallest absolute Gasteiger partial charge is 0.0473 e. The molecule has 2 fully saturated rings. The Bertz CT molecular complexity index is 825. The van der Waals surface area contributed by atoms with Crippen LogP contribution in [0, 0.1) is 11.8 Å². The molecule has 2 aromatic rings. The predicted molar refractivity (Wildman–Crippen MR) is 116 cm³/mol. The molecule has 0 spiro atoms. The zero-order chi connectivity index (χ0) is 17.8. The SMILES string of the molecule is CCc1[nH]c2cc(Br)cc3c2c1C[C@@H]1[C@@H]3CC(CSC)CN1CC1CC1. The third kappa shape index (κ3) is 2.97. The minimum absolute atomic E-state index is 0.702. The van der Waals surface area contributed by atoms with E-state index in [2.05, 4.69) is 51.1 Å². The largest absolute Gasteiger partial charge is 0.358 e. The number of benzene rings is 1. The molecule has 4 heteroatoms. The normalized spacial score (nSPS) is 28.5. The maximum atomic E-state index is 3.79. The highest BCUT2D eigenvalue weighted by atomic mass is 79.9. The molecule has 2 aliphatic carbocycles. The Hall–Kier alpha value is -0.450. The van der Waals surface area contributed by atoms with Crippen molar-refractivity contribution >= 4 is 38.6 Å².